The quantitative estimate of drug-likeness (QED) is 0.783. The van der Waals surface area contributed by atoms with E-state index < -0.39 is 0 Å². The lowest BCUT2D eigenvalue weighted by Crippen LogP contribution is -2.22. The molecular weight excluding hydrogens is 220 g/mol. The zero-order valence-corrected chi connectivity index (χ0v) is 14.6. The summed E-state index contributed by atoms with van der Waals surface area (Å²) in [5.74, 6) is 1.00. The molecule has 0 spiro atoms. The first-order chi connectivity index (χ1) is 8.44. The minimum atomic E-state index is 0.634. The highest BCUT2D eigenvalue weighted by atomic mass is 14.9. The molecular formula is C16H40N2. The number of nitrogens with one attached hydrogen (secondary N) is 2. The minimum Gasteiger partial charge on any atom is -0.318 e. The smallest absolute Gasteiger partial charge is 0.00640 e. The molecule has 2 N–H and O–H groups in total. The van der Waals surface area contributed by atoms with Crippen LogP contribution in [0.25, 0.3) is 0 Å². The third-order valence-corrected chi connectivity index (χ3v) is 2.36. The van der Waals surface area contributed by atoms with Gasteiger partial charge in [-0.15, -0.1) is 0 Å². The second-order valence-corrected chi connectivity index (χ2v) is 5.27. The van der Waals surface area contributed by atoms with Gasteiger partial charge in [0.05, 0.1) is 0 Å². The molecule has 0 radical (unpaired) electrons. The van der Waals surface area contributed by atoms with E-state index in [9.17, 15) is 0 Å². The van der Waals surface area contributed by atoms with Crippen LogP contribution in [0, 0.1) is 5.92 Å². The molecule has 0 heterocycles. The summed E-state index contributed by atoms with van der Waals surface area (Å²) in [5, 5.41) is 6.25. The summed E-state index contributed by atoms with van der Waals surface area (Å²) < 4.78 is 0. The SMILES string of the molecule is CCC.CCC.CNC(C)C.CNC(C)C1CC1. The van der Waals surface area contributed by atoms with Crippen LogP contribution in [0.1, 0.15) is 74.1 Å². The van der Waals surface area contributed by atoms with Gasteiger partial charge in [-0.3, -0.25) is 0 Å². The molecule has 0 aromatic rings. The van der Waals surface area contributed by atoms with Gasteiger partial charge in [0.15, 0.2) is 0 Å². The topological polar surface area (TPSA) is 24.1 Å². The van der Waals surface area contributed by atoms with Gasteiger partial charge < -0.3 is 10.6 Å². The Morgan fingerprint density at radius 3 is 1.17 bits per heavy atom. The third kappa shape index (κ3) is 29.7. The van der Waals surface area contributed by atoms with Gasteiger partial charge in [-0.25, -0.2) is 0 Å². The first-order valence-corrected chi connectivity index (χ1v) is 7.79. The van der Waals surface area contributed by atoms with Crippen molar-refractivity contribution in [2.24, 2.45) is 5.92 Å². The van der Waals surface area contributed by atoms with Gasteiger partial charge in [0, 0.05) is 12.1 Å². The predicted octanol–water partition coefficient (Wildman–Crippen LogP) is 4.45. The Balaban J connectivity index is -0.000000182. The van der Waals surface area contributed by atoms with Crippen LogP contribution in [0.15, 0.2) is 0 Å². The van der Waals surface area contributed by atoms with Crippen molar-refractivity contribution in [3.63, 3.8) is 0 Å². The van der Waals surface area contributed by atoms with Crippen LogP contribution in [0.4, 0.5) is 0 Å². The Hall–Kier alpha value is -0.0800. The molecule has 2 heteroatoms. The fourth-order valence-electron chi connectivity index (χ4n) is 0.832. The van der Waals surface area contributed by atoms with Gasteiger partial charge in [0.25, 0.3) is 0 Å². The molecule has 1 aliphatic rings. The zero-order valence-electron chi connectivity index (χ0n) is 14.6. The van der Waals surface area contributed by atoms with Crippen molar-refractivity contribution >= 4 is 0 Å². The highest BCUT2D eigenvalue weighted by molar-refractivity contribution is 4.81. The molecule has 2 nitrogen and oxygen atoms in total. The van der Waals surface area contributed by atoms with E-state index in [1.54, 1.807) is 0 Å². The fraction of sp³-hybridized carbons (Fsp3) is 1.00. The molecule has 0 aromatic carbocycles. The standard InChI is InChI=1S/C6H13N.C4H11N.2C3H8/c1-5(7-2)6-3-4-6;1-4(2)5-3;2*1-3-2/h5-7H,3-4H2,1-2H3;4-5H,1-3H3;2*3H2,1-2H3. The molecule has 0 amide bonds. The summed E-state index contributed by atoms with van der Waals surface area (Å²) >= 11 is 0. The van der Waals surface area contributed by atoms with Crippen molar-refractivity contribution in [2.45, 2.75) is 86.2 Å². The molecule has 1 unspecified atom stereocenters. The highest BCUT2D eigenvalue weighted by Crippen LogP contribution is 2.31. The van der Waals surface area contributed by atoms with Crippen LogP contribution in [-0.4, -0.2) is 26.2 Å². The van der Waals surface area contributed by atoms with E-state index in [1.807, 2.05) is 14.1 Å². The predicted molar refractivity (Wildman–Crippen MR) is 87.4 cm³/mol. The van der Waals surface area contributed by atoms with E-state index in [0.717, 1.165) is 12.0 Å². The molecule has 1 aliphatic carbocycles. The minimum absolute atomic E-state index is 0.634. The Kier molecular flexibility index (Phi) is 24.7. The lowest BCUT2D eigenvalue weighted by Gasteiger charge is -2.04. The van der Waals surface area contributed by atoms with Crippen molar-refractivity contribution < 1.29 is 0 Å². The van der Waals surface area contributed by atoms with Crippen LogP contribution < -0.4 is 10.6 Å². The summed E-state index contributed by atoms with van der Waals surface area (Å²) in [6.45, 7) is 15.0. The Labute approximate surface area is 117 Å². The summed E-state index contributed by atoms with van der Waals surface area (Å²) in [6.07, 6.45) is 5.39. The zero-order chi connectivity index (χ0) is 15.0. The summed E-state index contributed by atoms with van der Waals surface area (Å²) in [5.41, 5.74) is 0. The van der Waals surface area contributed by atoms with Crippen molar-refractivity contribution in [3.8, 4) is 0 Å². The first-order valence-electron chi connectivity index (χ1n) is 7.79. The van der Waals surface area contributed by atoms with Gasteiger partial charge in [0.1, 0.15) is 0 Å². The van der Waals surface area contributed by atoms with Gasteiger partial charge in [-0.05, 0) is 39.8 Å². The summed E-state index contributed by atoms with van der Waals surface area (Å²) in [7, 11) is 3.98. The van der Waals surface area contributed by atoms with Gasteiger partial charge in [-0.1, -0.05) is 54.4 Å². The van der Waals surface area contributed by atoms with E-state index in [-0.39, 0.29) is 0 Å². The average molecular weight is 261 g/mol. The number of hydrogen-bond donors (Lipinski definition) is 2. The monoisotopic (exact) mass is 260 g/mol. The summed E-state index contributed by atoms with van der Waals surface area (Å²) in [6, 6.07) is 1.40. The molecule has 18 heavy (non-hydrogen) atoms. The average Bonchev–Trinajstić information content (AvgIpc) is 3.15. The Morgan fingerprint density at radius 2 is 1.11 bits per heavy atom. The highest BCUT2D eigenvalue weighted by Gasteiger charge is 2.26. The fourth-order valence-corrected chi connectivity index (χ4v) is 0.832. The van der Waals surface area contributed by atoms with Crippen LogP contribution in [0.5, 0.6) is 0 Å². The maximum absolute atomic E-state index is 3.23. The van der Waals surface area contributed by atoms with Crippen LogP contribution in [0.3, 0.4) is 0 Å². The number of rotatable bonds is 3. The van der Waals surface area contributed by atoms with Gasteiger partial charge >= 0.3 is 0 Å². The largest absolute Gasteiger partial charge is 0.318 e. The molecule has 0 bridgehead atoms. The molecule has 0 aromatic heterocycles. The maximum Gasteiger partial charge on any atom is 0.00640 e. The molecule has 0 aliphatic heterocycles. The van der Waals surface area contributed by atoms with Gasteiger partial charge in [0.2, 0.25) is 0 Å². The number of hydrogen-bond acceptors (Lipinski definition) is 2. The lowest BCUT2D eigenvalue weighted by atomic mass is 10.2. The Bertz CT molecular complexity index is 118. The van der Waals surface area contributed by atoms with Crippen molar-refractivity contribution in [1.82, 2.24) is 10.6 Å². The van der Waals surface area contributed by atoms with Crippen LogP contribution in [0.2, 0.25) is 0 Å². The normalized spacial score (nSPS) is 14.3. The second kappa shape index (κ2) is 19.3. The molecule has 1 fully saturated rings. The van der Waals surface area contributed by atoms with E-state index in [2.05, 4.69) is 59.1 Å². The van der Waals surface area contributed by atoms with Crippen molar-refractivity contribution in [2.75, 3.05) is 14.1 Å². The van der Waals surface area contributed by atoms with Crippen molar-refractivity contribution in [3.05, 3.63) is 0 Å². The molecule has 1 atom stereocenters. The lowest BCUT2D eigenvalue weighted by molar-refractivity contribution is 0.546. The third-order valence-electron chi connectivity index (χ3n) is 2.36. The summed E-state index contributed by atoms with van der Waals surface area (Å²) in [4.78, 5) is 0. The maximum atomic E-state index is 3.23. The van der Waals surface area contributed by atoms with Gasteiger partial charge in [-0.2, -0.15) is 0 Å². The molecule has 0 saturated heterocycles. The molecule has 1 rings (SSSR count). The first kappa shape index (κ1) is 23.0. The van der Waals surface area contributed by atoms with E-state index >= 15 is 0 Å². The van der Waals surface area contributed by atoms with Crippen LogP contribution >= 0.6 is 0 Å². The van der Waals surface area contributed by atoms with Crippen LogP contribution in [-0.2, 0) is 0 Å². The van der Waals surface area contributed by atoms with E-state index in [1.165, 1.54) is 25.7 Å². The van der Waals surface area contributed by atoms with Crippen molar-refractivity contribution in [1.29, 1.82) is 0 Å². The van der Waals surface area contributed by atoms with E-state index in [4.69, 9.17) is 0 Å². The Morgan fingerprint density at radius 1 is 0.833 bits per heavy atom. The van der Waals surface area contributed by atoms with E-state index in [0.29, 0.717) is 6.04 Å². The molecule has 114 valence electrons. The second-order valence-electron chi connectivity index (χ2n) is 5.27. The molecule has 1 saturated carbocycles.